The molecule has 0 aromatic heterocycles. The Hall–Kier alpha value is -1.31. The molecule has 0 radical (unpaired) electrons. The van der Waals surface area contributed by atoms with Gasteiger partial charge in [0.15, 0.2) is 0 Å². The second-order valence-corrected chi connectivity index (χ2v) is 7.37. The van der Waals surface area contributed by atoms with Gasteiger partial charge in [-0.25, -0.2) is 12.8 Å². The van der Waals surface area contributed by atoms with E-state index in [0.29, 0.717) is 11.3 Å². The van der Waals surface area contributed by atoms with E-state index in [1.807, 2.05) is 0 Å². The molecule has 0 aliphatic carbocycles. The molecule has 0 bridgehead atoms. The van der Waals surface area contributed by atoms with Crippen LogP contribution in [0.3, 0.4) is 0 Å². The number of hydrogen-bond acceptors (Lipinski definition) is 3. The van der Waals surface area contributed by atoms with Gasteiger partial charge in [-0.1, -0.05) is 11.6 Å². The van der Waals surface area contributed by atoms with E-state index in [0.717, 1.165) is 12.1 Å². The summed E-state index contributed by atoms with van der Waals surface area (Å²) in [7, 11) is -3.88. The SMILES string of the molecule is Cc1cc(N)cc(S(=O)(=O)Nc2c(Cl)cc(F)cc2Br)c1. The number of nitrogen functional groups attached to an aromatic ring is 1. The molecular formula is C13H11BrClFN2O2S. The first-order valence-corrected chi connectivity index (χ1v) is 8.39. The molecule has 0 fully saturated rings. The molecule has 2 rings (SSSR count). The average Bonchev–Trinajstić information content (AvgIpc) is 2.32. The number of nitrogens with two attached hydrogens (primary N) is 1. The zero-order valence-electron chi connectivity index (χ0n) is 10.8. The second kappa shape index (κ2) is 5.82. The second-order valence-electron chi connectivity index (χ2n) is 4.43. The van der Waals surface area contributed by atoms with E-state index >= 15 is 0 Å². The van der Waals surface area contributed by atoms with Crippen molar-refractivity contribution in [2.75, 3.05) is 10.5 Å². The van der Waals surface area contributed by atoms with Gasteiger partial charge >= 0.3 is 0 Å². The van der Waals surface area contributed by atoms with Crippen molar-refractivity contribution in [3.63, 3.8) is 0 Å². The predicted molar refractivity (Wildman–Crippen MR) is 85.5 cm³/mol. The molecule has 0 heterocycles. The third-order valence-corrected chi connectivity index (χ3v) is 4.88. The average molecular weight is 394 g/mol. The molecule has 2 aromatic rings. The first kappa shape index (κ1) is 16.1. The van der Waals surface area contributed by atoms with E-state index in [-0.39, 0.29) is 20.1 Å². The van der Waals surface area contributed by atoms with Gasteiger partial charge in [-0.2, -0.15) is 0 Å². The summed E-state index contributed by atoms with van der Waals surface area (Å²) in [4.78, 5) is 0.00675. The summed E-state index contributed by atoms with van der Waals surface area (Å²) in [6, 6.07) is 6.60. The summed E-state index contributed by atoms with van der Waals surface area (Å²) >= 11 is 8.95. The van der Waals surface area contributed by atoms with Crippen LogP contribution in [0.5, 0.6) is 0 Å². The summed E-state index contributed by atoms with van der Waals surface area (Å²) in [6.07, 6.45) is 0. The lowest BCUT2D eigenvalue weighted by molar-refractivity contribution is 0.601. The van der Waals surface area contributed by atoms with Gasteiger partial charge in [-0.15, -0.1) is 0 Å². The summed E-state index contributed by atoms with van der Waals surface area (Å²) in [5.41, 5.74) is 6.76. The number of rotatable bonds is 3. The van der Waals surface area contributed by atoms with Crippen molar-refractivity contribution >= 4 is 48.9 Å². The van der Waals surface area contributed by atoms with Crippen LogP contribution in [0.2, 0.25) is 5.02 Å². The Morgan fingerprint density at radius 2 is 1.90 bits per heavy atom. The molecule has 0 atom stereocenters. The highest BCUT2D eigenvalue weighted by Gasteiger charge is 2.19. The van der Waals surface area contributed by atoms with Gasteiger partial charge in [-0.05, 0) is 58.7 Å². The number of benzene rings is 2. The Balaban J connectivity index is 2.47. The fourth-order valence-electron chi connectivity index (χ4n) is 1.76. The van der Waals surface area contributed by atoms with Gasteiger partial charge in [-0.3, -0.25) is 4.72 Å². The van der Waals surface area contributed by atoms with Gasteiger partial charge in [0.25, 0.3) is 10.0 Å². The van der Waals surface area contributed by atoms with E-state index < -0.39 is 15.8 Å². The predicted octanol–water partition coefficient (Wildman–Crippen LogP) is 3.93. The van der Waals surface area contributed by atoms with Gasteiger partial charge in [0.1, 0.15) is 5.82 Å². The minimum atomic E-state index is -3.88. The van der Waals surface area contributed by atoms with Crippen LogP contribution in [0.1, 0.15) is 5.56 Å². The lowest BCUT2D eigenvalue weighted by Crippen LogP contribution is -2.14. The molecule has 3 N–H and O–H groups in total. The molecule has 21 heavy (non-hydrogen) atoms. The number of aryl methyl sites for hydroxylation is 1. The van der Waals surface area contributed by atoms with Crippen LogP contribution in [0.15, 0.2) is 39.7 Å². The maximum atomic E-state index is 13.2. The number of hydrogen-bond donors (Lipinski definition) is 2. The lowest BCUT2D eigenvalue weighted by Gasteiger charge is -2.12. The van der Waals surface area contributed by atoms with Crippen molar-refractivity contribution in [3.8, 4) is 0 Å². The first-order valence-electron chi connectivity index (χ1n) is 5.73. The van der Waals surface area contributed by atoms with E-state index in [1.165, 1.54) is 12.1 Å². The molecule has 0 aliphatic rings. The molecule has 2 aromatic carbocycles. The highest BCUT2D eigenvalue weighted by molar-refractivity contribution is 9.10. The van der Waals surface area contributed by atoms with E-state index in [2.05, 4.69) is 20.7 Å². The summed E-state index contributed by atoms with van der Waals surface area (Å²) in [5, 5.41) is -0.0499. The summed E-state index contributed by atoms with van der Waals surface area (Å²) < 4.78 is 40.4. The molecule has 0 unspecified atom stereocenters. The van der Waals surface area contributed by atoms with Crippen molar-refractivity contribution in [3.05, 3.63) is 51.2 Å². The van der Waals surface area contributed by atoms with Gasteiger partial charge in [0, 0.05) is 10.2 Å². The van der Waals surface area contributed by atoms with Crippen LogP contribution in [0, 0.1) is 12.7 Å². The molecule has 4 nitrogen and oxygen atoms in total. The highest BCUT2D eigenvalue weighted by atomic mass is 79.9. The van der Waals surface area contributed by atoms with E-state index in [4.69, 9.17) is 17.3 Å². The van der Waals surface area contributed by atoms with Crippen LogP contribution in [-0.4, -0.2) is 8.42 Å². The van der Waals surface area contributed by atoms with Gasteiger partial charge < -0.3 is 5.73 Å². The molecule has 8 heteroatoms. The quantitative estimate of drug-likeness (QED) is 0.776. The zero-order chi connectivity index (χ0) is 15.8. The van der Waals surface area contributed by atoms with Crippen molar-refractivity contribution in [2.45, 2.75) is 11.8 Å². The maximum absolute atomic E-state index is 13.2. The van der Waals surface area contributed by atoms with Crippen LogP contribution < -0.4 is 10.5 Å². The molecule has 0 spiro atoms. The Labute approximate surface area is 135 Å². The van der Waals surface area contributed by atoms with Crippen LogP contribution in [0.4, 0.5) is 15.8 Å². The van der Waals surface area contributed by atoms with Crippen LogP contribution in [-0.2, 0) is 10.0 Å². The number of anilines is 2. The van der Waals surface area contributed by atoms with Crippen molar-refractivity contribution in [2.24, 2.45) is 0 Å². The van der Waals surface area contributed by atoms with E-state index in [1.54, 1.807) is 13.0 Å². The first-order chi connectivity index (χ1) is 9.69. The topological polar surface area (TPSA) is 72.2 Å². The monoisotopic (exact) mass is 392 g/mol. The molecule has 112 valence electrons. The molecule has 0 saturated heterocycles. The minimum Gasteiger partial charge on any atom is -0.399 e. The van der Waals surface area contributed by atoms with Crippen LogP contribution in [0.25, 0.3) is 0 Å². The standard InChI is InChI=1S/C13H11BrClFN2O2S/c1-7-2-9(17)6-10(3-7)21(19,20)18-13-11(14)4-8(16)5-12(13)15/h2-6,18H,17H2,1H3. The van der Waals surface area contributed by atoms with Gasteiger partial charge in [0.2, 0.25) is 0 Å². The van der Waals surface area contributed by atoms with Crippen molar-refractivity contribution < 1.29 is 12.8 Å². The third-order valence-electron chi connectivity index (χ3n) is 2.63. The lowest BCUT2D eigenvalue weighted by atomic mass is 10.2. The number of sulfonamides is 1. The normalized spacial score (nSPS) is 11.4. The Morgan fingerprint density at radius 3 is 2.48 bits per heavy atom. The maximum Gasteiger partial charge on any atom is 0.262 e. The minimum absolute atomic E-state index is 0.00675. The Kier molecular flexibility index (Phi) is 4.46. The van der Waals surface area contributed by atoms with Crippen molar-refractivity contribution in [1.82, 2.24) is 0 Å². The third kappa shape index (κ3) is 3.66. The Bertz CT molecular complexity index is 769. The smallest absolute Gasteiger partial charge is 0.262 e. The molecule has 0 saturated carbocycles. The highest BCUT2D eigenvalue weighted by Crippen LogP contribution is 2.33. The summed E-state index contributed by atoms with van der Waals surface area (Å²) in [6.45, 7) is 1.73. The van der Waals surface area contributed by atoms with E-state index in [9.17, 15) is 12.8 Å². The van der Waals surface area contributed by atoms with Gasteiger partial charge in [0.05, 0.1) is 15.6 Å². The van der Waals surface area contributed by atoms with Crippen molar-refractivity contribution in [1.29, 1.82) is 0 Å². The molecular weight excluding hydrogens is 383 g/mol. The molecule has 0 amide bonds. The Morgan fingerprint density at radius 1 is 1.24 bits per heavy atom. The number of halogens is 3. The fourth-order valence-corrected chi connectivity index (χ4v) is 4.09. The largest absolute Gasteiger partial charge is 0.399 e. The summed E-state index contributed by atoms with van der Waals surface area (Å²) in [5.74, 6) is -0.574. The fraction of sp³-hybridized carbons (Fsp3) is 0.0769. The zero-order valence-corrected chi connectivity index (χ0v) is 14.0. The number of nitrogens with one attached hydrogen (secondary N) is 1. The van der Waals surface area contributed by atoms with Crippen LogP contribution >= 0.6 is 27.5 Å². The molecule has 0 aliphatic heterocycles.